The van der Waals surface area contributed by atoms with Crippen LogP contribution in [0.15, 0.2) is 24.4 Å². The molecule has 0 fully saturated rings. The highest BCUT2D eigenvalue weighted by Crippen LogP contribution is 2.40. The summed E-state index contributed by atoms with van der Waals surface area (Å²) >= 11 is 0. The molecule has 1 aromatic carbocycles. The maximum atomic E-state index is 5.48. The van der Waals surface area contributed by atoms with Crippen LogP contribution in [-0.4, -0.2) is 22.0 Å². The van der Waals surface area contributed by atoms with Crippen molar-refractivity contribution < 1.29 is 9.47 Å². The van der Waals surface area contributed by atoms with Gasteiger partial charge in [-0.25, -0.2) is 4.98 Å². The molecule has 6 nitrogen and oxygen atoms in total. The number of ether oxygens (including phenoxy) is 2. The zero-order chi connectivity index (χ0) is 11.0. The Morgan fingerprint density at radius 2 is 2.19 bits per heavy atom. The topological polar surface area (TPSA) is 83.2 Å². The zero-order valence-corrected chi connectivity index (χ0v) is 8.25. The summed E-state index contributed by atoms with van der Waals surface area (Å²) in [6.45, 7) is 0.223. The molecule has 6 heteroatoms. The normalized spacial score (nSPS) is 12.8. The molecular formula is C10H8N4O2. The minimum Gasteiger partial charge on any atom is -0.454 e. The first kappa shape index (κ1) is 8.90. The van der Waals surface area contributed by atoms with E-state index in [1.54, 1.807) is 0 Å². The molecule has 0 saturated heterocycles. The van der Waals surface area contributed by atoms with E-state index in [4.69, 9.17) is 15.2 Å². The van der Waals surface area contributed by atoms with Crippen LogP contribution in [-0.2, 0) is 0 Å². The third-order valence-corrected chi connectivity index (χ3v) is 2.25. The van der Waals surface area contributed by atoms with Gasteiger partial charge >= 0.3 is 0 Å². The number of aromatic nitrogens is 3. The zero-order valence-electron chi connectivity index (χ0n) is 8.25. The van der Waals surface area contributed by atoms with Crippen LogP contribution in [0.5, 0.6) is 11.5 Å². The van der Waals surface area contributed by atoms with Gasteiger partial charge in [0, 0.05) is 5.56 Å². The van der Waals surface area contributed by atoms with Crippen LogP contribution in [0, 0.1) is 0 Å². The summed E-state index contributed by atoms with van der Waals surface area (Å²) in [7, 11) is 0. The second-order valence-corrected chi connectivity index (χ2v) is 3.24. The van der Waals surface area contributed by atoms with E-state index in [1.165, 1.54) is 6.20 Å². The Morgan fingerprint density at radius 3 is 3.06 bits per heavy atom. The lowest BCUT2D eigenvalue weighted by atomic mass is 10.1. The second-order valence-electron chi connectivity index (χ2n) is 3.24. The molecule has 1 aromatic heterocycles. The average Bonchev–Trinajstić information content (AvgIpc) is 2.76. The van der Waals surface area contributed by atoms with Gasteiger partial charge in [-0.1, -0.05) is 6.07 Å². The Balaban J connectivity index is 2.17. The number of nitrogen functional groups attached to an aromatic ring is 1. The number of hydrogen-bond acceptors (Lipinski definition) is 6. The van der Waals surface area contributed by atoms with Crippen molar-refractivity contribution in [2.24, 2.45) is 0 Å². The van der Waals surface area contributed by atoms with Crippen LogP contribution in [0.25, 0.3) is 11.3 Å². The van der Waals surface area contributed by atoms with Crippen LogP contribution in [0.4, 0.5) is 5.95 Å². The summed E-state index contributed by atoms with van der Waals surface area (Å²) in [5, 5.41) is 7.36. The first-order valence-electron chi connectivity index (χ1n) is 4.69. The van der Waals surface area contributed by atoms with Crippen LogP contribution in [0.3, 0.4) is 0 Å². The lowest BCUT2D eigenvalue weighted by Crippen LogP contribution is -1.98. The van der Waals surface area contributed by atoms with Crippen molar-refractivity contribution >= 4 is 5.95 Å². The molecule has 0 radical (unpaired) electrons. The van der Waals surface area contributed by atoms with Crippen LogP contribution >= 0.6 is 0 Å². The summed E-state index contributed by atoms with van der Waals surface area (Å²) in [5.74, 6) is 1.51. The largest absolute Gasteiger partial charge is 0.454 e. The van der Waals surface area contributed by atoms with Gasteiger partial charge in [0.15, 0.2) is 11.5 Å². The predicted octanol–water partition coefficient (Wildman–Crippen LogP) is 0.849. The Bertz CT molecular complexity index is 544. The molecule has 2 heterocycles. The van der Waals surface area contributed by atoms with Gasteiger partial charge < -0.3 is 15.2 Å². The van der Waals surface area contributed by atoms with E-state index in [-0.39, 0.29) is 12.7 Å². The SMILES string of the molecule is Nc1nncc(-c2cccc3c2OCO3)n1. The second kappa shape index (κ2) is 3.34. The summed E-state index contributed by atoms with van der Waals surface area (Å²) in [5.41, 5.74) is 6.91. The molecule has 0 aliphatic carbocycles. The fraction of sp³-hybridized carbons (Fsp3) is 0.100. The average molecular weight is 216 g/mol. The van der Waals surface area contributed by atoms with Gasteiger partial charge in [0.1, 0.15) is 0 Å². The first-order chi connectivity index (χ1) is 7.84. The standard InChI is InChI=1S/C10H8N4O2/c11-10-13-7(4-12-14-10)6-2-1-3-8-9(6)16-5-15-8/h1-4H,5H2,(H2,11,13,14). The molecule has 80 valence electrons. The number of fused-ring (bicyclic) bond motifs is 1. The summed E-state index contributed by atoms with van der Waals surface area (Å²) in [4.78, 5) is 4.09. The first-order valence-corrected chi connectivity index (χ1v) is 4.69. The van der Waals surface area contributed by atoms with Crippen molar-refractivity contribution in [2.45, 2.75) is 0 Å². The lowest BCUT2D eigenvalue weighted by Gasteiger charge is -2.04. The third-order valence-electron chi connectivity index (χ3n) is 2.25. The van der Waals surface area contributed by atoms with E-state index in [9.17, 15) is 0 Å². The fourth-order valence-corrected chi connectivity index (χ4v) is 1.58. The monoisotopic (exact) mass is 216 g/mol. The Morgan fingerprint density at radius 1 is 1.25 bits per heavy atom. The molecule has 3 rings (SSSR count). The van der Waals surface area contributed by atoms with Crippen molar-refractivity contribution in [3.8, 4) is 22.8 Å². The van der Waals surface area contributed by atoms with Crippen LogP contribution in [0.1, 0.15) is 0 Å². The van der Waals surface area contributed by atoms with E-state index < -0.39 is 0 Å². The third kappa shape index (κ3) is 1.31. The van der Waals surface area contributed by atoms with Gasteiger partial charge in [0.25, 0.3) is 0 Å². The van der Waals surface area contributed by atoms with Gasteiger partial charge in [0.2, 0.25) is 12.7 Å². The molecule has 1 aliphatic heterocycles. The smallest absolute Gasteiger partial charge is 0.240 e. The van der Waals surface area contributed by atoms with Crippen molar-refractivity contribution in [1.29, 1.82) is 0 Å². The molecule has 0 atom stereocenters. The Kier molecular flexibility index (Phi) is 1.86. The molecule has 0 saturated carbocycles. The maximum Gasteiger partial charge on any atom is 0.240 e. The van der Waals surface area contributed by atoms with Crippen LogP contribution in [0.2, 0.25) is 0 Å². The quantitative estimate of drug-likeness (QED) is 0.760. The molecular weight excluding hydrogens is 208 g/mol. The minimum atomic E-state index is 0.133. The fourth-order valence-electron chi connectivity index (χ4n) is 1.58. The number of benzene rings is 1. The molecule has 0 amide bonds. The number of para-hydroxylation sites is 1. The van der Waals surface area contributed by atoms with E-state index >= 15 is 0 Å². The molecule has 2 aromatic rings. The van der Waals surface area contributed by atoms with Gasteiger partial charge in [-0.05, 0) is 12.1 Å². The van der Waals surface area contributed by atoms with Gasteiger partial charge in [-0.3, -0.25) is 0 Å². The summed E-state index contributed by atoms with van der Waals surface area (Å²) < 4.78 is 10.6. The Labute approximate surface area is 91.0 Å². The summed E-state index contributed by atoms with van der Waals surface area (Å²) in [6, 6.07) is 5.57. The number of nitrogens with two attached hydrogens (primary N) is 1. The van der Waals surface area contributed by atoms with Gasteiger partial charge in [-0.15, -0.1) is 5.10 Å². The van der Waals surface area contributed by atoms with Crippen LogP contribution < -0.4 is 15.2 Å². The molecule has 1 aliphatic rings. The number of rotatable bonds is 1. The van der Waals surface area contributed by atoms with Crippen molar-refractivity contribution in [3.05, 3.63) is 24.4 Å². The Hall–Kier alpha value is -2.37. The van der Waals surface area contributed by atoms with E-state index in [1.807, 2.05) is 18.2 Å². The van der Waals surface area contributed by atoms with E-state index in [0.29, 0.717) is 17.2 Å². The highest BCUT2D eigenvalue weighted by Gasteiger charge is 2.19. The van der Waals surface area contributed by atoms with E-state index in [0.717, 1.165) is 5.56 Å². The number of nitrogens with zero attached hydrogens (tertiary/aromatic N) is 3. The van der Waals surface area contributed by atoms with Crippen molar-refractivity contribution in [3.63, 3.8) is 0 Å². The molecule has 16 heavy (non-hydrogen) atoms. The number of hydrogen-bond donors (Lipinski definition) is 1. The van der Waals surface area contributed by atoms with Gasteiger partial charge in [0.05, 0.1) is 11.9 Å². The lowest BCUT2D eigenvalue weighted by molar-refractivity contribution is 0.174. The molecule has 0 unspecified atom stereocenters. The minimum absolute atomic E-state index is 0.133. The highest BCUT2D eigenvalue weighted by atomic mass is 16.7. The van der Waals surface area contributed by atoms with Gasteiger partial charge in [-0.2, -0.15) is 5.10 Å². The predicted molar refractivity (Wildman–Crippen MR) is 55.8 cm³/mol. The highest BCUT2D eigenvalue weighted by molar-refractivity contribution is 5.71. The molecule has 0 spiro atoms. The molecule has 0 bridgehead atoms. The maximum absolute atomic E-state index is 5.48. The molecule has 2 N–H and O–H groups in total. The number of anilines is 1. The van der Waals surface area contributed by atoms with Crippen molar-refractivity contribution in [2.75, 3.05) is 12.5 Å². The van der Waals surface area contributed by atoms with Crippen molar-refractivity contribution in [1.82, 2.24) is 15.2 Å². The van der Waals surface area contributed by atoms with E-state index in [2.05, 4.69) is 15.2 Å². The summed E-state index contributed by atoms with van der Waals surface area (Å²) in [6.07, 6.45) is 1.54.